The van der Waals surface area contributed by atoms with Crippen molar-refractivity contribution in [1.82, 2.24) is 44.1 Å². The number of carbonyl (C=O) groups is 1. The molecule has 3 aliphatic heterocycles. The Balaban J connectivity index is 1.11. The molecule has 0 saturated carbocycles. The van der Waals surface area contributed by atoms with Crippen LogP contribution in [0.4, 0.5) is 24.8 Å². The number of rotatable bonds is 6. The molecule has 284 valence electrons. The summed E-state index contributed by atoms with van der Waals surface area (Å²) < 4.78 is 52.8. The summed E-state index contributed by atoms with van der Waals surface area (Å²) in [5.41, 5.74) is 2.99. The van der Waals surface area contributed by atoms with Gasteiger partial charge in [0.1, 0.15) is 47.2 Å². The summed E-state index contributed by atoms with van der Waals surface area (Å²) >= 11 is 0. The van der Waals surface area contributed by atoms with Crippen LogP contribution in [0.5, 0.6) is 0 Å². The number of aromatic nitrogens is 7. The fourth-order valence-electron chi connectivity index (χ4n) is 8.26. The average Bonchev–Trinajstić information content (AvgIpc) is 3.89. The molecular formula is C39H40F3N11O2. The number of pyridine rings is 1. The molecule has 3 aliphatic rings. The van der Waals surface area contributed by atoms with Crippen LogP contribution in [0.25, 0.3) is 39.0 Å². The Morgan fingerprint density at radius 1 is 0.945 bits per heavy atom. The summed E-state index contributed by atoms with van der Waals surface area (Å²) in [4.78, 5) is 40.0. The molecule has 4 bridgehead atoms. The Kier molecular flexibility index (Phi) is 9.30. The van der Waals surface area contributed by atoms with Gasteiger partial charge in [0.15, 0.2) is 11.5 Å². The van der Waals surface area contributed by atoms with Gasteiger partial charge >= 0.3 is 0 Å². The van der Waals surface area contributed by atoms with E-state index in [9.17, 15) is 13.6 Å². The van der Waals surface area contributed by atoms with Crippen LogP contribution in [0.1, 0.15) is 25.1 Å². The molecule has 6 aromatic rings. The predicted octanol–water partition coefficient (Wildman–Crippen LogP) is 4.97. The second-order valence-electron chi connectivity index (χ2n) is 14.4. The lowest BCUT2D eigenvalue weighted by Crippen LogP contribution is -2.47. The van der Waals surface area contributed by atoms with Crippen molar-refractivity contribution in [3.63, 3.8) is 0 Å². The van der Waals surface area contributed by atoms with Crippen LogP contribution < -0.4 is 10.2 Å². The second-order valence-corrected chi connectivity index (χ2v) is 14.4. The highest BCUT2D eigenvalue weighted by Gasteiger charge is 2.41. The van der Waals surface area contributed by atoms with Crippen molar-refractivity contribution < 1.29 is 22.7 Å². The highest BCUT2D eigenvalue weighted by atomic mass is 19.1. The summed E-state index contributed by atoms with van der Waals surface area (Å²) in [6.07, 6.45) is 4.81. The van der Waals surface area contributed by atoms with Gasteiger partial charge in [-0.15, -0.1) is 0 Å². The molecule has 7 heterocycles. The number of ether oxygens (including phenoxy) is 1. The van der Waals surface area contributed by atoms with Crippen molar-refractivity contribution in [1.29, 1.82) is 0 Å². The number of aryl methyl sites for hydroxylation is 2. The predicted molar refractivity (Wildman–Crippen MR) is 200 cm³/mol. The highest BCUT2D eigenvalue weighted by Crippen LogP contribution is 2.35. The molecule has 0 spiro atoms. The Hall–Kier alpha value is -5.61. The van der Waals surface area contributed by atoms with E-state index in [0.717, 1.165) is 43.5 Å². The quantitative estimate of drug-likeness (QED) is 0.250. The molecule has 1 amide bonds. The van der Waals surface area contributed by atoms with E-state index in [4.69, 9.17) is 14.7 Å². The van der Waals surface area contributed by atoms with Crippen LogP contribution in [0.15, 0.2) is 61.1 Å². The number of morpholine rings is 1. The summed E-state index contributed by atoms with van der Waals surface area (Å²) in [6.45, 7) is 7.90. The van der Waals surface area contributed by atoms with E-state index < -0.39 is 23.5 Å². The number of anilines is 2. The van der Waals surface area contributed by atoms with Gasteiger partial charge in [0.2, 0.25) is 5.91 Å². The fourth-order valence-corrected chi connectivity index (χ4v) is 8.26. The van der Waals surface area contributed by atoms with Crippen LogP contribution in [0.3, 0.4) is 0 Å². The minimum Gasteiger partial charge on any atom is -0.379 e. The number of fused-ring (bicyclic) bond motifs is 6. The van der Waals surface area contributed by atoms with E-state index in [0.29, 0.717) is 91.7 Å². The number of carbonyl (C=O) groups excluding carboxylic acids is 1. The van der Waals surface area contributed by atoms with Crippen LogP contribution in [0, 0.1) is 24.4 Å². The monoisotopic (exact) mass is 751 g/mol. The molecule has 1 N–H and O–H groups in total. The molecule has 2 saturated heterocycles. The first-order valence-electron chi connectivity index (χ1n) is 18.7. The maximum Gasteiger partial charge on any atom is 0.245 e. The third-order valence-corrected chi connectivity index (χ3v) is 10.8. The molecule has 2 aromatic carbocycles. The van der Waals surface area contributed by atoms with E-state index in [1.165, 1.54) is 35.3 Å². The van der Waals surface area contributed by atoms with Crippen LogP contribution in [0.2, 0.25) is 0 Å². The molecule has 2 atom stereocenters. The second kappa shape index (κ2) is 14.6. The van der Waals surface area contributed by atoms with E-state index in [2.05, 4.69) is 29.9 Å². The van der Waals surface area contributed by atoms with Gasteiger partial charge in [-0.25, -0.2) is 37.8 Å². The fraction of sp³-hybridized carbons (Fsp3) is 0.385. The minimum atomic E-state index is -0.781. The van der Waals surface area contributed by atoms with Crippen molar-refractivity contribution in [3.8, 4) is 16.9 Å². The van der Waals surface area contributed by atoms with E-state index >= 15 is 4.39 Å². The minimum absolute atomic E-state index is 0.0263. The lowest BCUT2D eigenvalue weighted by molar-refractivity contribution is -0.132. The van der Waals surface area contributed by atoms with Crippen LogP contribution in [-0.4, -0.2) is 115 Å². The zero-order valence-electron chi connectivity index (χ0n) is 30.3. The summed E-state index contributed by atoms with van der Waals surface area (Å²) in [6, 6.07) is 11.0. The van der Waals surface area contributed by atoms with Gasteiger partial charge in [0.05, 0.1) is 41.5 Å². The Morgan fingerprint density at radius 3 is 2.67 bits per heavy atom. The normalized spacial score (nSPS) is 19.5. The number of nitrogens with zero attached hydrogens (tertiary/aromatic N) is 10. The largest absolute Gasteiger partial charge is 0.379 e. The number of halogens is 3. The molecular weight excluding hydrogens is 711 g/mol. The first-order chi connectivity index (χ1) is 26.8. The maximum absolute atomic E-state index is 15.1. The Morgan fingerprint density at radius 2 is 1.82 bits per heavy atom. The zero-order chi connectivity index (χ0) is 37.6. The van der Waals surface area contributed by atoms with Gasteiger partial charge in [-0.05, 0) is 56.5 Å². The molecule has 0 radical (unpaired) electrons. The first-order valence-corrected chi connectivity index (χ1v) is 18.7. The molecule has 0 aliphatic carbocycles. The SMILES string of the molecule is Cc1nc2cc(F)cc3c2n1CCCN(CCCN1CCOCC1)C(=O)[C@@H]1C[C@@H](CN1c1ncnc2c1cnn2-c1ccc(F)cc1F)Nc1cccc-3n1. The molecule has 9 rings (SSSR count). The van der Waals surface area contributed by atoms with Gasteiger partial charge in [0.25, 0.3) is 0 Å². The molecule has 13 nitrogen and oxygen atoms in total. The third-order valence-electron chi connectivity index (χ3n) is 10.8. The lowest BCUT2D eigenvalue weighted by Gasteiger charge is -2.32. The van der Waals surface area contributed by atoms with Gasteiger partial charge in [-0.2, -0.15) is 5.10 Å². The first kappa shape index (κ1) is 35.1. The number of benzene rings is 2. The smallest absolute Gasteiger partial charge is 0.245 e. The number of nitrogens with one attached hydrogen (secondary N) is 1. The summed E-state index contributed by atoms with van der Waals surface area (Å²) in [5, 5.41) is 8.52. The zero-order valence-corrected chi connectivity index (χ0v) is 30.3. The van der Waals surface area contributed by atoms with Crippen LogP contribution in [-0.2, 0) is 16.1 Å². The van der Waals surface area contributed by atoms with Crippen molar-refractivity contribution >= 4 is 39.6 Å². The summed E-state index contributed by atoms with van der Waals surface area (Å²) in [7, 11) is 0. The molecule has 55 heavy (non-hydrogen) atoms. The number of hydrogen-bond acceptors (Lipinski definition) is 10. The van der Waals surface area contributed by atoms with E-state index in [1.807, 2.05) is 34.9 Å². The maximum atomic E-state index is 15.1. The molecule has 2 fully saturated rings. The average molecular weight is 752 g/mol. The molecule has 4 aromatic heterocycles. The summed E-state index contributed by atoms with van der Waals surface area (Å²) in [5.74, 6) is -0.0742. The van der Waals surface area contributed by atoms with Gasteiger partial charge in [-0.3, -0.25) is 9.69 Å². The number of amides is 1. The van der Waals surface area contributed by atoms with Crippen LogP contribution >= 0.6 is 0 Å². The number of hydrogen-bond donors (Lipinski definition) is 1. The third kappa shape index (κ3) is 6.73. The lowest BCUT2D eigenvalue weighted by atomic mass is 10.1. The van der Waals surface area contributed by atoms with Crippen molar-refractivity contribution in [2.24, 2.45) is 0 Å². The topological polar surface area (TPSA) is 122 Å². The van der Waals surface area contributed by atoms with E-state index in [-0.39, 0.29) is 17.6 Å². The molecule has 0 unspecified atom stereocenters. The van der Waals surface area contributed by atoms with Crippen molar-refractivity contribution in [2.45, 2.75) is 44.8 Å². The van der Waals surface area contributed by atoms with Gasteiger partial charge < -0.3 is 24.4 Å². The Labute approximate surface area is 314 Å². The van der Waals surface area contributed by atoms with Crippen molar-refractivity contribution in [2.75, 3.05) is 62.7 Å². The highest BCUT2D eigenvalue weighted by molar-refractivity contribution is 5.94. The standard InChI is InChI=1S/C39H40F3N11O2/c1-24-46-32-19-26(41)17-28-31-5-2-6-35(48-31)47-27-20-34(39(54)50(11-4-12-51(24)36(28)32)10-3-9-49-13-15-55-16-14-49)52(22-27)37-29-21-45-53(38(29)44-23-43-37)33-8-7-25(40)18-30(33)42/h2,5-8,17-19,21,23,27,34H,3-4,9-16,20,22H2,1H3,(H,47,48)/t27-,34-/m0/s1. The van der Waals surface area contributed by atoms with Crippen molar-refractivity contribution in [3.05, 3.63) is 84.3 Å². The number of imidazole rings is 1. The van der Waals surface area contributed by atoms with Gasteiger partial charge in [0, 0.05) is 69.6 Å². The Bertz CT molecular complexity index is 2390. The van der Waals surface area contributed by atoms with Gasteiger partial charge in [-0.1, -0.05) is 6.07 Å². The van der Waals surface area contributed by atoms with E-state index in [1.54, 1.807) is 6.20 Å². The molecule has 16 heteroatoms.